The Hall–Kier alpha value is -3.83. The number of alkyl halides is 6. The Kier molecular flexibility index (Phi) is 18.0. The topological polar surface area (TPSA) is 103 Å². The number of hydrogen-bond acceptors (Lipinski definition) is 8. The molecule has 0 radical (unpaired) electrons. The van der Waals surface area contributed by atoms with E-state index in [1.165, 1.54) is 29.4 Å². The fourth-order valence-corrected chi connectivity index (χ4v) is 5.48. The molecule has 0 spiro atoms. The van der Waals surface area contributed by atoms with E-state index in [0.29, 0.717) is 31.6 Å². The minimum atomic E-state index is -4.45. The van der Waals surface area contributed by atoms with Crippen molar-refractivity contribution in [2.24, 2.45) is 0 Å². The van der Waals surface area contributed by atoms with Gasteiger partial charge in [-0.25, -0.2) is 14.6 Å². The maximum Gasteiger partial charge on any atom is 0.490 e. The first kappa shape index (κ1) is 52.2. The Bertz CT molecular complexity index is 1740. The predicted octanol–water partition coefficient (Wildman–Crippen LogP) is 11.3. The zero-order valence-electron chi connectivity index (χ0n) is 33.3. The molecular weight excluding hydrogens is 793 g/mol. The number of amides is 2. The summed E-state index contributed by atoms with van der Waals surface area (Å²) in [5, 5.41) is -0.514. The van der Waals surface area contributed by atoms with Gasteiger partial charge in [-0.15, -0.1) is 0 Å². The summed E-state index contributed by atoms with van der Waals surface area (Å²) in [4.78, 5) is 34.4. The Morgan fingerprint density at radius 2 is 1.16 bits per heavy atom. The van der Waals surface area contributed by atoms with E-state index < -0.39 is 45.9 Å². The van der Waals surface area contributed by atoms with Crippen LogP contribution in [0.2, 0.25) is 5.15 Å². The third kappa shape index (κ3) is 15.1. The molecule has 0 aromatic carbocycles. The van der Waals surface area contributed by atoms with Crippen LogP contribution in [0.5, 0.6) is 0 Å². The van der Waals surface area contributed by atoms with Crippen LogP contribution in [0.25, 0.3) is 5.57 Å². The summed E-state index contributed by atoms with van der Waals surface area (Å²) in [7, 11) is -0.314. The summed E-state index contributed by atoms with van der Waals surface area (Å²) in [6, 6.07) is 4.36. The van der Waals surface area contributed by atoms with Crippen molar-refractivity contribution in [3.05, 3.63) is 76.3 Å². The Labute approximate surface area is 344 Å². The lowest BCUT2D eigenvalue weighted by Crippen LogP contribution is -2.41. The van der Waals surface area contributed by atoms with Crippen LogP contribution in [-0.2, 0) is 31.1 Å². The van der Waals surface area contributed by atoms with Crippen LogP contribution >= 0.6 is 11.6 Å². The van der Waals surface area contributed by atoms with Gasteiger partial charge < -0.3 is 28.6 Å². The molecule has 326 valence electrons. The molecule has 3 aliphatic rings. The second-order valence-electron chi connectivity index (χ2n) is 16.2. The summed E-state index contributed by atoms with van der Waals surface area (Å²) in [6.45, 7) is 20.8. The molecule has 0 bridgehead atoms. The summed E-state index contributed by atoms with van der Waals surface area (Å²) in [5.74, 6) is 0. The molecule has 1 fully saturated rings. The zero-order chi connectivity index (χ0) is 42.5. The molecule has 0 aliphatic carbocycles. The van der Waals surface area contributed by atoms with Gasteiger partial charge in [-0.3, -0.25) is 4.98 Å². The molecule has 0 unspecified atom stereocenters. The van der Waals surface area contributed by atoms with Gasteiger partial charge in [0.25, 0.3) is 0 Å². The number of aromatic nitrogens is 2. The molecule has 2 aromatic rings. The van der Waals surface area contributed by atoms with Gasteiger partial charge in [-0.2, -0.15) is 26.3 Å². The van der Waals surface area contributed by atoms with Crippen molar-refractivity contribution in [3.63, 3.8) is 0 Å². The van der Waals surface area contributed by atoms with E-state index in [4.69, 9.17) is 30.4 Å². The smallest absolute Gasteiger partial charge is 0.444 e. The van der Waals surface area contributed by atoms with E-state index in [-0.39, 0.29) is 51.5 Å². The molecule has 0 atom stereocenters. The number of halogens is 7. The second-order valence-corrected chi connectivity index (χ2v) is 16.5. The Balaban J connectivity index is 0.000000452. The highest BCUT2D eigenvalue weighted by atomic mass is 35.5. The molecule has 18 heteroatoms. The molecule has 2 amide bonds. The van der Waals surface area contributed by atoms with E-state index >= 15 is 0 Å². The van der Waals surface area contributed by atoms with Crippen LogP contribution in [0, 0.1) is 0 Å². The van der Waals surface area contributed by atoms with Gasteiger partial charge in [0.05, 0.1) is 28.0 Å². The lowest BCUT2D eigenvalue weighted by atomic mass is 9.75. The number of carbonyl (C=O) groups is 2. The average Bonchev–Trinajstić information content (AvgIpc) is 3.29. The third-order valence-corrected chi connectivity index (χ3v) is 9.10. The monoisotopic (exact) mass is 850 g/mol. The first-order valence-electron chi connectivity index (χ1n) is 17.9. The minimum absolute atomic E-state index is 0. The van der Waals surface area contributed by atoms with Crippen molar-refractivity contribution < 1.29 is 54.7 Å². The molecular formula is C40H58BClF6N4O6. The highest BCUT2D eigenvalue weighted by Gasteiger charge is 2.52. The molecule has 58 heavy (non-hydrogen) atoms. The number of nitrogens with zero attached hydrogens (tertiary/aromatic N) is 4. The highest BCUT2D eigenvalue weighted by Crippen LogP contribution is 2.40. The van der Waals surface area contributed by atoms with E-state index in [1.807, 2.05) is 54.5 Å². The minimum Gasteiger partial charge on any atom is -0.444 e. The van der Waals surface area contributed by atoms with Gasteiger partial charge in [-0.1, -0.05) is 38.6 Å². The van der Waals surface area contributed by atoms with Crippen molar-refractivity contribution in [2.75, 3.05) is 26.2 Å². The maximum absolute atomic E-state index is 13.0. The standard InChI is InChI=1S/C16H28BNO4.C16H19F3N2O2.C6H3ClF3N.2CH4/c1-14(2,3)20-13(19)18-10-8-12(9-11-18)17-21-15(4,5)16(6,7)22-17;1-15(2,3)23-14(22)21-9-6-11(7-10-21)13-12(16(17,18)19)5-4-8-20-13;7-5-4(6(8,9)10)2-1-3-11-5;;/h8H,9-11H2,1-7H3;4-6,8H,7,9-10H2,1-3H3;1-3H;2*1H4. The van der Waals surface area contributed by atoms with Crippen LogP contribution in [0.4, 0.5) is 35.9 Å². The van der Waals surface area contributed by atoms with Crippen LogP contribution in [0.15, 0.2) is 54.3 Å². The normalized spacial score (nSPS) is 17.8. The summed E-state index contributed by atoms with van der Waals surface area (Å²) in [5.41, 5.74) is -1.85. The van der Waals surface area contributed by atoms with Crippen molar-refractivity contribution in [2.45, 2.75) is 132 Å². The van der Waals surface area contributed by atoms with E-state index in [2.05, 4.69) is 9.97 Å². The second kappa shape index (κ2) is 20.0. The predicted molar refractivity (Wildman–Crippen MR) is 214 cm³/mol. The van der Waals surface area contributed by atoms with Gasteiger partial charge in [0.15, 0.2) is 0 Å². The number of hydrogen-bond donors (Lipinski definition) is 0. The van der Waals surface area contributed by atoms with Crippen LogP contribution in [-0.4, -0.2) is 87.7 Å². The van der Waals surface area contributed by atoms with Crippen LogP contribution in [0.3, 0.4) is 0 Å². The van der Waals surface area contributed by atoms with Crippen molar-refractivity contribution in [1.29, 1.82) is 0 Å². The quantitative estimate of drug-likeness (QED) is 0.167. The summed E-state index contributed by atoms with van der Waals surface area (Å²) < 4.78 is 97.7. The maximum atomic E-state index is 13.0. The SMILES string of the molecule is C.C.CC(C)(C)OC(=O)N1CC=C(B2OC(C)(C)C(C)(C)O2)CC1.CC(C)(C)OC(=O)N1CC=C(c2ncccc2C(F)(F)F)CC1.FC(F)(F)c1cccnc1Cl. The lowest BCUT2D eigenvalue weighted by Gasteiger charge is -2.32. The molecule has 5 heterocycles. The first-order valence-corrected chi connectivity index (χ1v) is 18.3. The fraction of sp³-hybridized carbons (Fsp3) is 0.600. The fourth-order valence-electron chi connectivity index (χ4n) is 5.25. The molecule has 0 saturated carbocycles. The zero-order valence-corrected chi connectivity index (χ0v) is 34.1. The van der Waals surface area contributed by atoms with E-state index in [1.54, 1.807) is 31.7 Å². The molecule has 10 nitrogen and oxygen atoms in total. The number of rotatable bonds is 2. The van der Waals surface area contributed by atoms with Gasteiger partial charge in [0, 0.05) is 38.6 Å². The Morgan fingerprint density at radius 1 is 0.724 bits per heavy atom. The average molecular weight is 851 g/mol. The molecule has 0 N–H and O–H groups in total. The van der Waals surface area contributed by atoms with Crippen molar-refractivity contribution in [3.8, 4) is 0 Å². The van der Waals surface area contributed by atoms with Gasteiger partial charge >= 0.3 is 31.7 Å². The number of carbonyl (C=O) groups excluding carboxylic acids is 2. The number of ether oxygens (including phenoxy) is 2. The van der Waals surface area contributed by atoms with Crippen LogP contribution < -0.4 is 0 Å². The van der Waals surface area contributed by atoms with Crippen LogP contribution in [0.1, 0.15) is 114 Å². The highest BCUT2D eigenvalue weighted by molar-refractivity contribution is 6.54. The van der Waals surface area contributed by atoms with Gasteiger partial charge in [0.2, 0.25) is 0 Å². The first-order chi connectivity index (χ1) is 25.5. The van der Waals surface area contributed by atoms with Crippen molar-refractivity contribution >= 4 is 36.5 Å². The molecule has 2 aromatic heterocycles. The molecule has 5 rings (SSSR count). The molecule has 3 aliphatic heterocycles. The Morgan fingerprint density at radius 3 is 1.52 bits per heavy atom. The number of pyridine rings is 2. The summed E-state index contributed by atoms with van der Waals surface area (Å²) in [6.07, 6.45) is -2.38. The van der Waals surface area contributed by atoms with Crippen molar-refractivity contribution in [1.82, 2.24) is 19.8 Å². The largest absolute Gasteiger partial charge is 0.490 e. The lowest BCUT2D eigenvalue weighted by molar-refractivity contribution is -0.138. The van der Waals surface area contributed by atoms with E-state index in [9.17, 15) is 35.9 Å². The van der Waals surface area contributed by atoms with Gasteiger partial charge in [0.1, 0.15) is 16.4 Å². The third-order valence-electron chi connectivity index (χ3n) is 8.79. The molecule has 1 saturated heterocycles. The van der Waals surface area contributed by atoms with E-state index in [0.717, 1.165) is 24.0 Å². The van der Waals surface area contributed by atoms with Gasteiger partial charge in [-0.05, 0) is 117 Å². The summed E-state index contributed by atoms with van der Waals surface area (Å²) >= 11 is 5.18.